The number of carbonyl (C=O) groups excluding carboxylic acids is 1. The summed E-state index contributed by atoms with van der Waals surface area (Å²) in [5.41, 5.74) is 6.28. The molecule has 1 fully saturated rings. The first-order chi connectivity index (χ1) is 9.89. The highest BCUT2D eigenvalue weighted by Crippen LogP contribution is 2.31. The first-order valence-corrected chi connectivity index (χ1v) is 7.66. The molecule has 2 rings (SSSR count). The van der Waals surface area contributed by atoms with E-state index in [0.717, 1.165) is 31.5 Å². The van der Waals surface area contributed by atoms with Crippen molar-refractivity contribution in [2.45, 2.75) is 32.2 Å². The molecular formula is C17H27N3O. The van der Waals surface area contributed by atoms with E-state index >= 15 is 0 Å². The summed E-state index contributed by atoms with van der Waals surface area (Å²) in [7, 11) is 1.81. The molecule has 1 aliphatic heterocycles. The number of carbonyl (C=O) groups is 1. The van der Waals surface area contributed by atoms with Gasteiger partial charge in [-0.15, -0.1) is 0 Å². The summed E-state index contributed by atoms with van der Waals surface area (Å²) < 4.78 is 0. The van der Waals surface area contributed by atoms with Crippen LogP contribution in [0.15, 0.2) is 30.3 Å². The number of rotatable bonds is 5. The summed E-state index contributed by atoms with van der Waals surface area (Å²) in [5, 5.41) is 3.18. The molecule has 116 valence electrons. The van der Waals surface area contributed by atoms with Gasteiger partial charge in [-0.2, -0.15) is 0 Å². The normalized spacial score (nSPS) is 21.7. The largest absolute Gasteiger partial charge is 0.368 e. The maximum absolute atomic E-state index is 12.2. The quantitative estimate of drug-likeness (QED) is 0.867. The second kappa shape index (κ2) is 6.16. The van der Waals surface area contributed by atoms with Gasteiger partial charge in [0, 0.05) is 6.54 Å². The molecule has 1 unspecified atom stereocenters. The highest BCUT2D eigenvalue weighted by atomic mass is 16.1. The van der Waals surface area contributed by atoms with Crippen LogP contribution in [-0.2, 0) is 10.3 Å². The van der Waals surface area contributed by atoms with Crippen LogP contribution in [0, 0.1) is 5.41 Å². The summed E-state index contributed by atoms with van der Waals surface area (Å²) in [6.45, 7) is 7.26. The highest BCUT2D eigenvalue weighted by Gasteiger charge is 2.40. The second-order valence-electron chi connectivity index (χ2n) is 6.83. The van der Waals surface area contributed by atoms with Crippen molar-refractivity contribution in [3.8, 4) is 0 Å². The third-order valence-corrected chi connectivity index (χ3v) is 4.78. The molecule has 1 saturated heterocycles. The van der Waals surface area contributed by atoms with Crippen LogP contribution >= 0.6 is 0 Å². The van der Waals surface area contributed by atoms with Gasteiger partial charge in [0.1, 0.15) is 5.54 Å². The molecule has 1 aromatic carbocycles. The van der Waals surface area contributed by atoms with E-state index in [1.165, 1.54) is 0 Å². The van der Waals surface area contributed by atoms with Crippen molar-refractivity contribution in [2.75, 3.05) is 26.7 Å². The van der Waals surface area contributed by atoms with Crippen molar-refractivity contribution >= 4 is 5.91 Å². The van der Waals surface area contributed by atoms with Crippen LogP contribution in [0.2, 0.25) is 0 Å². The number of likely N-dealkylation sites (N-methyl/N-ethyl adjacent to an activating group) is 1. The van der Waals surface area contributed by atoms with E-state index in [-0.39, 0.29) is 5.91 Å². The number of hydrogen-bond donors (Lipinski definition) is 2. The number of nitrogens with zero attached hydrogens (tertiary/aromatic N) is 1. The Morgan fingerprint density at radius 1 is 1.29 bits per heavy atom. The van der Waals surface area contributed by atoms with E-state index in [9.17, 15) is 4.79 Å². The third kappa shape index (κ3) is 3.44. The van der Waals surface area contributed by atoms with Gasteiger partial charge in [-0.1, -0.05) is 44.2 Å². The fraction of sp³-hybridized carbons (Fsp3) is 0.588. The van der Waals surface area contributed by atoms with Gasteiger partial charge in [0.2, 0.25) is 5.91 Å². The number of nitrogens with two attached hydrogens (primary N) is 1. The minimum atomic E-state index is -0.817. The monoisotopic (exact) mass is 289 g/mol. The lowest BCUT2D eigenvalue weighted by atomic mass is 9.81. The minimum absolute atomic E-state index is 0.318. The first kappa shape index (κ1) is 16.0. The predicted molar refractivity (Wildman–Crippen MR) is 85.8 cm³/mol. The van der Waals surface area contributed by atoms with E-state index in [1.807, 2.05) is 37.4 Å². The lowest BCUT2D eigenvalue weighted by Crippen LogP contribution is -2.59. The fourth-order valence-corrected chi connectivity index (χ4v) is 3.03. The molecule has 1 heterocycles. The Balaban J connectivity index is 2.20. The molecule has 1 atom stereocenters. The lowest BCUT2D eigenvalue weighted by Gasteiger charge is -2.42. The Labute approximate surface area is 127 Å². The van der Waals surface area contributed by atoms with Crippen molar-refractivity contribution in [2.24, 2.45) is 11.1 Å². The van der Waals surface area contributed by atoms with Crippen LogP contribution in [-0.4, -0.2) is 37.5 Å². The molecule has 4 heteroatoms. The Hall–Kier alpha value is -1.39. The van der Waals surface area contributed by atoms with Crippen LogP contribution in [0.1, 0.15) is 32.3 Å². The van der Waals surface area contributed by atoms with Gasteiger partial charge in [-0.25, -0.2) is 0 Å². The number of likely N-dealkylation sites (tertiary alicyclic amines) is 1. The maximum Gasteiger partial charge on any atom is 0.243 e. The molecule has 1 aromatic rings. The molecule has 1 aliphatic rings. The zero-order valence-electron chi connectivity index (χ0n) is 13.4. The van der Waals surface area contributed by atoms with E-state index in [2.05, 4.69) is 24.1 Å². The summed E-state index contributed by atoms with van der Waals surface area (Å²) >= 11 is 0. The molecule has 0 aliphatic carbocycles. The average Bonchev–Trinajstić information content (AvgIpc) is 2.47. The second-order valence-corrected chi connectivity index (χ2v) is 6.83. The lowest BCUT2D eigenvalue weighted by molar-refractivity contribution is -0.125. The fourth-order valence-electron chi connectivity index (χ4n) is 3.03. The molecule has 4 nitrogen and oxygen atoms in total. The number of nitrogens with one attached hydrogen (secondary N) is 1. The molecule has 0 radical (unpaired) electrons. The van der Waals surface area contributed by atoms with Crippen molar-refractivity contribution in [3.63, 3.8) is 0 Å². The number of hydrogen-bond acceptors (Lipinski definition) is 3. The summed E-state index contributed by atoms with van der Waals surface area (Å²) in [6, 6.07) is 9.78. The Morgan fingerprint density at radius 2 is 1.86 bits per heavy atom. The molecule has 3 N–H and O–H groups in total. The van der Waals surface area contributed by atoms with Crippen molar-refractivity contribution in [1.82, 2.24) is 10.2 Å². The molecule has 21 heavy (non-hydrogen) atoms. The summed E-state index contributed by atoms with van der Waals surface area (Å²) in [4.78, 5) is 14.5. The van der Waals surface area contributed by atoms with Gasteiger partial charge in [0.25, 0.3) is 0 Å². The SMILES string of the molecule is CNC(CN1CCC(C)(C)CC1)(C(N)=O)c1ccccc1. The Bertz CT molecular complexity index is 476. The predicted octanol–water partition coefficient (Wildman–Crippen LogP) is 1.71. The van der Waals surface area contributed by atoms with Gasteiger partial charge < -0.3 is 16.0 Å². The molecular weight excluding hydrogens is 262 g/mol. The van der Waals surface area contributed by atoms with Gasteiger partial charge in [-0.05, 0) is 44.0 Å². The Morgan fingerprint density at radius 3 is 2.33 bits per heavy atom. The first-order valence-electron chi connectivity index (χ1n) is 7.66. The number of amides is 1. The number of primary amides is 1. The van der Waals surface area contributed by atoms with Gasteiger partial charge in [0.05, 0.1) is 0 Å². The zero-order valence-corrected chi connectivity index (χ0v) is 13.4. The third-order valence-electron chi connectivity index (χ3n) is 4.78. The molecule has 0 aromatic heterocycles. The zero-order chi connectivity index (χ0) is 15.5. The standard InChI is InChI=1S/C17H27N3O/c1-16(2)9-11-20(12-10-16)13-17(19-3,15(18)21)14-7-5-4-6-8-14/h4-8,19H,9-13H2,1-3H3,(H2,18,21). The maximum atomic E-state index is 12.2. The highest BCUT2D eigenvalue weighted by molar-refractivity contribution is 5.86. The average molecular weight is 289 g/mol. The van der Waals surface area contributed by atoms with Crippen LogP contribution in [0.4, 0.5) is 0 Å². The number of benzene rings is 1. The van der Waals surface area contributed by atoms with Gasteiger partial charge >= 0.3 is 0 Å². The number of piperidine rings is 1. The molecule has 0 spiro atoms. The van der Waals surface area contributed by atoms with Gasteiger partial charge in [-0.3, -0.25) is 4.79 Å². The van der Waals surface area contributed by atoms with Crippen LogP contribution in [0.3, 0.4) is 0 Å². The van der Waals surface area contributed by atoms with E-state index in [4.69, 9.17) is 5.73 Å². The summed E-state index contributed by atoms with van der Waals surface area (Å²) in [5.74, 6) is -0.318. The smallest absolute Gasteiger partial charge is 0.243 e. The summed E-state index contributed by atoms with van der Waals surface area (Å²) in [6.07, 6.45) is 2.31. The molecule has 0 bridgehead atoms. The molecule has 1 amide bonds. The van der Waals surface area contributed by atoms with Gasteiger partial charge in [0.15, 0.2) is 0 Å². The van der Waals surface area contributed by atoms with E-state index in [0.29, 0.717) is 12.0 Å². The van der Waals surface area contributed by atoms with E-state index < -0.39 is 5.54 Å². The van der Waals surface area contributed by atoms with Crippen LogP contribution in [0.25, 0.3) is 0 Å². The van der Waals surface area contributed by atoms with Crippen molar-refractivity contribution in [1.29, 1.82) is 0 Å². The molecule has 0 saturated carbocycles. The van der Waals surface area contributed by atoms with Crippen molar-refractivity contribution < 1.29 is 4.79 Å². The van der Waals surface area contributed by atoms with Crippen LogP contribution in [0.5, 0.6) is 0 Å². The van der Waals surface area contributed by atoms with Crippen LogP contribution < -0.4 is 11.1 Å². The van der Waals surface area contributed by atoms with E-state index in [1.54, 1.807) is 0 Å². The van der Waals surface area contributed by atoms with Crippen molar-refractivity contribution in [3.05, 3.63) is 35.9 Å². The minimum Gasteiger partial charge on any atom is -0.368 e. The topological polar surface area (TPSA) is 58.4 Å². The Kier molecular flexibility index (Phi) is 4.69.